The maximum absolute atomic E-state index is 14.9. The Labute approximate surface area is 570 Å². The summed E-state index contributed by atoms with van der Waals surface area (Å²) in [5, 5.41) is 8.55. The van der Waals surface area contributed by atoms with Crippen LogP contribution in [0.4, 0.5) is 35.1 Å². The molecule has 98 heavy (non-hydrogen) atoms. The highest BCUT2D eigenvalue weighted by molar-refractivity contribution is 14.1. The molecule has 2 aliphatic carbocycles. The first-order valence-electron chi connectivity index (χ1n) is 30.6. The molecule has 0 amide bonds. The third kappa shape index (κ3) is 14.7. The van der Waals surface area contributed by atoms with Gasteiger partial charge in [-0.25, -0.2) is 19.0 Å². The summed E-state index contributed by atoms with van der Waals surface area (Å²) in [5.74, 6) is -12.8. The molecule has 0 unspecified atom stereocenters. The highest BCUT2D eigenvalue weighted by Crippen LogP contribution is 2.42. The number of Topliss-reactive ketones (excluding diaryl/α,β-unsaturated/α-hetero) is 2. The largest absolute Gasteiger partial charge is 0.494 e. The van der Waals surface area contributed by atoms with Crippen LogP contribution in [0.1, 0.15) is 98.1 Å². The molecule has 18 nitrogen and oxygen atoms in total. The zero-order valence-corrected chi connectivity index (χ0v) is 56.5. The average Bonchev–Trinajstić information content (AvgIpc) is 1.59. The van der Waals surface area contributed by atoms with Gasteiger partial charge < -0.3 is 47.2 Å². The van der Waals surface area contributed by atoms with E-state index in [0.717, 1.165) is 53.2 Å². The second-order valence-electron chi connectivity index (χ2n) is 24.2. The molecule has 6 aromatic carbocycles. The number of nitrogens with zero attached hydrogens (tertiary/aromatic N) is 6. The minimum Gasteiger partial charge on any atom is -0.494 e. The lowest BCUT2D eigenvalue weighted by Gasteiger charge is -2.32. The van der Waals surface area contributed by atoms with Gasteiger partial charge >= 0.3 is 7.12 Å². The number of rotatable bonds is 20. The molecule has 5 heterocycles. The number of halogens is 9. The van der Waals surface area contributed by atoms with E-state index in [1.807, 2.05) is 82.3 Å². The molecular weight excluding hydrogens is 1410 g/mol. The van der Waals surface area contributed by atoms with Gasteiger partial charge in [-0.2, -0.15) is 35.1 Å². The summed E-state index contributed by atoms with van der Waals surface area (Å²) in [6.07, 6.45) is 8.64. The number of ether oxygens (including phenoxy) is 8. The lowest BCUT2D eigenvalue weighted by Crippen LogP contribution is -2.41. The predicted octanol–water partition coefficient (Wildman–Crippen LogP) is 16.6. The molecule has 28 heteroatoms. The maximum Gasteiger partial charge on any atom is 0.494 e. The van der Waals surface area contributed by atoms with Crippen LogP contribution in [-0.2, 0) is 9.31 Å². The Morgan fingerprint density at radius 1 is 0.480 bits per heavy atom. The van der Waals surface area contributed by atoms with Gasteiger partial charge in [0.25, 0.3) is 0 Å². The molecule has 0 bridgehead atoms. The zero-order chi connectivity index (χ0) is 70.2. The van der Waals surface area contributed by atoms with Crippen molar-refractivity contribution in [2.24, 2.45) is 11.8 Å². The van der Waals surface area contributed by atoms with Crippen LogP contribution in [0.3, 0.4) is 0 Å². The number of aryl methyl sites for hydroxylation is 2. The van der Waals surface area contributed by atoms with Gasteiger partial charge in [0.2, 0.25) is 58.3 Å². The van der Waals surface area contributed by atoms with E-state index >= 15 is 0 Å². The Morgan fingerprint density at radius 3 is 1.23 bits per heavy atom. The third-order valence-electron chi connectivity index (χ3n) is 16.8. The predicted molar refractivity (Wildman–Crippen MR) is 351 cm³/mol. The average molecular weight is 1470 g/mol. The smallest absolute Gasteiger partial charge is 0.494 e. The summed E-state index contributed by atoms with van der Waals surface area (Å²) in [7, 11) is 4.41. The van der Waals surface area contributed by atoms with Gasteiger partial charge in [-0.1, -0.05) is 30.3 Å². The quantitative estimate of drug-likeness (QED) is 0.0303. The van der Waals surface area contributed by atoms with Gasteiger partial charge in [0.1, 0.15) is 3.70 Å². The monoisotopic (exact) mass is 1470 g/mol. The van der Waals surface area contributed by atoms with Crippen molar-refractivity contribution < 1.29 is 91.9 Å². The van der Waals surface area contributed by atoms with Crippen LogP contribution in [0.2, 0.25) is 0 Å². The van der Waals surface area contributed by atoms with Gasteiger partial charge in [-0.15, -0.1) is 10.2 Å². The normalized spacial score (nSPS) is 14.5. The summed E-state index contributed by atoms with van der Waals surface area (Å²) in [5.41, 5.74) is 4.79. The van der Waals surface area contributed by atoms with Gasteiger partial charge in [0.15, 0.2) is 80.4 Å². The van der Waals surface area contributed by atoms with Crippen molar-refractivity contribution in [2.45, 2.75) is 91.3 Å². The van der Waals surface area contributed by atoms with Gasteiger partial charge in [-0.05, 0) is 173 Å². The molecule has 510 valence electrons. The molecule has 10 aromatic rings. The van der Waals surface area contributed by atoms with E-state index in [9.17, 15) is 44.7 Å². The maximum atomic E-state index is 14.9. The van der Waals surface area contributed by atoms with Crippen molar-refractivity contribution in [3.05, 3.63) is 182 Å². The second-order valence-corrected chi connectivity index (χ2v) is 25.3. The molecule has 1 aliphatic heterocycles. The van der Waals surface area contributed by atoms with Gasteiger partial charge in [0, 0.05) is 41.7 Å². The third-order valence-corrected chi connectivity index (χ3v) is 17.6. The van der Waals surface area contributed by atoms with E-state index in [1.165, 1.54) is 105 Å². The molecule has 2 saturated carbocycles. The molecule has 0 radical (unpaired) electrons. The molecule has 3 fully saturated rings. The number of carbonyl (C=O) groups excluding carboxylic acids is 2. The molecule has 3 aliphatic rings. The van der Waals surface area contributed by atoms with Crippen LogP contribution >= 0.6 is 22.6 Å². The van der Waals surface area contributed by atoms with Crippen molar-refractivity contribution in [2.75, 3.05) is 28.4 Å². The zero-order valence-electron chi connectivity index (χ0n) is 54.4. The van der Waals surface area contributed by atoms with E-state index in [2.05, 4.69) is 20.2 Å². The summed E-state index contributed by atoms with van der Waals surface area (Å²) in [6.45, 7) is 12.0. The molecular formula is C70H62BF8IN6O12. The van der Waals surface area contributed by atoms with Crippen molar-refractivity contribution in [3.63, 3.8) is 0 Å². The number of methoxy groups -OCH3 is 4. The first kappa shape index (κ1) is 69.8. The van der Waals surface area contributed by atoms with Crippen LogP contribution in [0, 0.1) is 75.9 Å². The fraction of sp³-hybridized carbons (Fsp3) is 0.286. The Bertz CT molecular complexity index is 4730. The van der Waals surface area contributed by atoms with E-state index in [1.54, 1.807) is 18.2 Å². The summed E-state index contributed by atoms with van der Waals surface area (Å²) in [4.78, 5) is 33.5. The number of fused-ring (bicyclic) bond motifs is 2. The van der Waals surface area contributed by atoms with Gasteiger partial charge in [0.05, 0.1) is 57.7 Å². The standard InChI is InChI=1S/C32H25F4N3O5.C20H12F4IN3O4.C18H25BO3/c1-16-12-18(6-7-19(16)21(40)13-17-4-5-17)20-15-37-32-26(43-24-10-8-22(41-2)28(33)30(24)35)14-27(38-39(20)32)44-25-11-9-23(42-3)29(34)31(25)36;1-29-9-3-5-11(18(23)16(9)21)31-13-7-15(27-28-14(25)8-26-20(13)28)32-12-6-4-10(30-2)17(22)19(12)24;1-12-10-14(19-21-17(2,3)18(4,5)22-19)8-9-15(12)16(20)11-13-6-7-13/h6-12,14-15,17H,4-5,13H2,1-3H3;3-8H,1-2H3;8-10,13H,6-7,11H2,1-5H3. The fourth-order valence-electron chi connectivity index (χ4n) is 10.4. The highest BCUT2D eigenvalue weighted by Gasteiger charge is 2.52. The van der Waals surface area contributed by atoms with E-state index < -0.39 is 69.5 Å². The lowest BCUT2D eigenvalue weighted by atomic mass is 9.77. The number of hydrogen-bond donors (Lipinski definition) is 0. The first-order chi connectivity index (χ1) is 46.7. The molecule has 13 rings (SSSR count). The van der Waals surface area contributed by atoms with Crippen LogP contribution in [-0.4, -0.2) is 87.5 Å². The van der Waals surface area contributed by atoms with E-state index in [4.69, 9.17) is 47.2 Å². The Morgan fingerprint density at radius 2 is 0.837 bits per heavy atom. The summed E-state index contributed by atoms with van der Waals surface area (Å²) < 4.78 is 172. The fourth-order valence-corrected chi connectivity index (χ4v) is 10.8. The van der Waals surface area contributed by atoms with E-state index in [-0.39, 0.29) is 87.4 Å². The van der Waals surface area contributed by atoms with Crippen LogP contribution in [0.5, 0.6) is 69.3 Å². The second kappa shape index (κ2) is 28.5. The van der Waals surface area contributed by atoms with E-state index in [0.29, 0.717) is 45.2 Å². The molecule has 0 N–H and O–H groups in total. The SMILES string of the molecule is COc1ccc(Oc2cc(Oc3ccc(OC)c(F)c3F)c3ncc(-c4ccc(C(=O)CC5CC5)c(C)c4)n3n2)c(F)c1F.COc1ccc(Oc2cc(Oc3ccc(OC)c(F)c3F)c3ncc(I)n3n2)c(F)c1F.Cc1cc(B2OC(C)(C)C(C)(C)O2)ccc1C(=O)CC1CC1. The minimum atomic E-state index is -1.33. The Balaban J connectivity index is 0.000000158. The molecule has 0 spiro atoms. The van der Waals surface area contributed by atoms with Crippen LogP contribution < -0.4 is 43.4 Å². The summed E-state index contributed by atoms with van der Waals surface area (Å²) >= 11 is 1.92. The Kier molecular flexibility index (Phi) is 20.3. The minimum absolute atomic E-state index is 0.0710. The summed E-state index contributed by atoms with van der Waals surface area (Å²) in [6, 6.07) is 22.9. The number of aromatic nitrogens is 6. The Hall–Kier alpha value is -9.55. The van der Waals surface area contributed by atoms with Crippen molar-refractivity contribution in [1.29, 1.82) is 0 Å². The van der Waals surface area contributed by atoms with Crippen molar-refractivity contribution in [3.8, 4) is 80.5 Å². The number of ketones is 2. The van der Waals surface area contributed by atoms with Crippen molar-refractivity contribution in [1.82, 2.24) is 29.2 Å². The van der Waals surface area contributed by atoms with Crippen molar-refractivity contribution >= 4 is 58.0 Å². The molecule has 1 saturated heterocycles. The lowest BCUT2D eigenvalue weighted by molar-refractivity contribution is 0.00578. The van der Waals surface area contributed by atoms with Crippen LogP contribution in [0.15, 0.2) is 109 Å². The number of hydrogen-bond acceptors (Lipinski definition) is 16. The first-order valence-corrected chi connectivity index (χ1v) is 31.7. The number of carbonyl (C=O) groups is 2. The number of benzene rings is 6. The molecule has 4 aromatic heterocycles. The number of imidazole rings is 2. The topological polar surface area (TPSA) is 187 Å². The van der Waals surface area contributed by atoms with Gasteiger partial charge in [-0.3, -0.25) is 9.59 Å². The highest BCUT2D eigenvalue weighted by atomic mass is 127. The van der Waals surface area contributed by atoms with Crippen LogP contribution in [0.25, 0.3) is 22.6 Å². The molecule has 0 atom stereocenters.